The van der Waals surface area contributed by atoms with Gasteiger partial charge in [0.1, 0.15) is 0 Å². The van der Waals surface area contributed by atoms with Crippen LogP contribution in [0.25, 0.3) is 11.0 Å². The Hall–Kier alpha value is -1.42. The summed E-state index contributed by atoms with van der Waals surface area (Å²) in [4.78, 5) is 7.03. The molecule has 22 heavy (non-hydrogen) atoms. The molecule has 4 nitrogen and oxygen atoms in total. The zero-order valence-corrected chi connectivity index (χ0v) is 13.3. The van der Waals surface area contributed by atoms with Gasteiger partial charge in [0.05, 0.1) is 0 Å². The molecule has 2 fully saturated rings. The lowest BCUT2D eigenvalue weighted by Gasteiger charge is -2.35. The van der Waals surface area contributed by atoms with Gasteiger partial charge in [-0.1, -0.05) is 19.3 Å². The van der Waals surface area contributed by atoms with E-state index < -0.39 is 0 Å². The number of H-pyrrole nitrogens is 1. The Kier molecular flexibility index (Phi) is 4.11. The first-order valence-electron chi connectivity index (χ1n) is 8.91. The van der Waals surface area contributed by atoms with Crippen molar-refractivity contribution in [2.45, 2.75) is 50.9 Å². The molecular weight excluding hydrogens is 272 g/mol. The highest BCUT2D eigenvalue weighted by Gasteiger charge is 2.25. The number of fused-ring (bicyclic) bond motifs is 1. The molecule has 1 aliphatic carbocycles. The van der Waals surface area contributed by atoms with Crippen LogP contribution in [-0.2, 0) is 0 Å². The fourth-order valence-electron chi connectivity index (χ4n) is 4.32. The third-order valence-corrected chi connectivity index (χ3v) is 5.60. The fraction of sp³-hybridized carbons (Fsp3) is 0.667. The van der Waals surface area contributed by atoms with E-state index in [9.17, 15) is 0 Å². The smallest absolute Gasteiger partial charge is 0.181 e. The van der Waals surface area contributed by atoms with Crippen LogP contribution in [0.5, 0.6) is 0 Å². The summed E-state index contributed by atoms with van der Waals surface area (Å²) in [6.07, 6.45) is 11.6. The maximum absolute atomic E-state index is 4.36. The number of hydrogen-bond acceptors (Lipinski definition) is 3. The van der Waals surface area contributed by atoms with E-state index in [4.69, 9.17) is 0 Å². The molecule has 0 unspecified atom stereocenters. The van der Waals surface area contributed by atoms with Gasteiger partial charge in [-0.2, -0.15) is 5.10 Å². The monoisotopic (exact) mass is 298 g/mol. The van der Waals surface area contributed by atoms with Crippen molar-refractivity contribution in [3.63, 3.8) is 0 Å². The molecule has 2 aromatic rings. The number of pyridine rings is 1. The van der Waals surface area contributed by atoms with Crippen LogP contribution >= 0.6 is 0 Å². The Labute approximate surface area is 132 Å². The van der Waals surface area contributed by atoms with E-state index in [1.54, 1.807) is 0 Å². The van der Waals surface area contributed by atoms with Crippen LogP contribution < -0.4 is 0 Å². The number of nitrogens with zero attached hydrogens (tertiary/aromatic N) is 3. The number of hydrogen-bond donors (Lipinski definition) is 1. The van der Waals surface area contributed by atoms with Gasteiger partial charge in [-0.3, -0.25) is 5.10 Å². The average Bonchev–Trinajstić information content (AvgIpc) is 3.01. The first kappa shape index (κ1) is 14.2. The minimum Gasteiger partial charge on any atom is -0.303 e. The standard InChI is InChI=1S/C18H26N4/c1-2-5-14(6-3-1)13-22-11-8-15(9-12-22)17-16-7-4-10-19-18(16)21-20-17/h4,7,10,14-15H,1-3,5-6,8-9,11-13H2,(H,19,20,21). The van der Waals surface area contributed by atoms with E-state index in [1.165, 1.54) is 75.7 Å². The highest BCUT2D eigenvalue weighted by atomic mass is 15.2. The average molecular weight is 298 g/mol. The maximum atomic E-state index is 4.36. The Balaban J connectivity index is 1.37. The molecule has 1 N–H and O–H groups in total. The molecule has 0 atom stereocenters. The van der Waals surface area contributed by atoms with E-state index in [0.717, 1.165) is 11.6 Å². The third kappa shape index (κ3) is 2.89. The van der Waals surface area contributed by atoms with E-state index in [2.05, 4.69) is 26.1 Å². The Bertz CT molecular complexity index is 606. The number of piperidine rings is 1. The summed E-state index contributed by atoms with van der Waals surface area (Å²) >= 11 is 0. The van der Waals surface area contributed by atoms with E-state index >= 15 is 0 Å². The van der Waals surface area contributed by atoms with Gasteiger partial charge in [0, 0.05) is 29.7 Å². The van der Waals surface area contributed by atoms with Gasteiger partial charge >= 0.3 is 0 Å². The molecule has 1 saturated heterocycles. The summed E-state index contributed by atoms with van der Waals surface area (Å²) in [5.41, 5.74) is 2.17. The zero-order valence-electron chi connectivity index (χ0n) is 13.3. The third-order valence-electron chi connectivity index (χ3n) is 5.60. The summed E-state index contributed by atoms with van der Waals surface area (Å²) in [5.74, 6) is 1.58. The number of nitrogens with one attached hydrogen (secondary N) is 1. The normalized spacial score (nSPS) is 22.4. The second-order valence-electron chi connectivity index (χ2n) is 7.09. The predicted octanol–water partition coefficient (Wildman–Crippen LogP) is 3.72. The van der Waals surface area contributed by atoms with Gasteiger partial charge in [0.2, 0.25) is 0 Å². The van der Waals surface area contributed by atoms with Gasteiger partial charge < -0.3 is 4.90 Å². The molecule has 4 rings (SSSR count). The summed E-state index contributed by atoms with van der Waals surface area (Å²) < 4.78 is 0. The van der Waals surface area contributed by atoms with Crippen molar-refractivity contribution in [2.75, 3.05) is 19.6 Å². The summed E-state index contributed by atoms with van der Waals surface area (Å²) in [7, 11) is 0. The van der Waals surface area contributed by atoms with Gasteiger partial charge in [-0.15, -0.1) is 0 Å². The van der Waals surface area contributed by atoms with Crippen LogP contribution in [0.3, 0.4) is 0 Å². The lowest BCUT2D eigenvalue weighted by molar-refractivity contribution is 0.163. The SMILES string of the molecule is c1cnc2n[nH]c(C3CCN(CC4CCCCC4)CC3)c2c1. The summed E-state index contributed by atoms with van der Waals surface area (Å²) in [6, 6.07) is 4.16. The van der Waals surface area contributed by atoms with E-state index in [1.807, 2.05) is 12.3 Å². The number of rotatable bonds is 3. The van der Waals surface area contributed by atoms with Crippen LogP contribution in [0.2, 0.25) is 0 Å². The molecule has 0 bridgehead atoms. The van der Waals surface area contributed by atoms with Crippen LogP contribution in [0, 0.1) is 5.92 Å². The van der Waals surface area contributed by atoms with Gasteiger partial charge in [-0.05, 0) is 56.8 Å². The molecular formula is C18H26N4. The molecule has 1 aliphatic heterocycles. The molecule has 3 heterocycles. The van der Waals surface area contributed by atoms with E-state index in [0.29, 0.717) is 5.92 Å². The number of aromatic amines is 1. The van der Waals surface area contributed by atoms with Crippen molar-refractivity contribution in [2.24, 2.45) is 5.92 Å². The molecule has 0 spiro atoms. The molecule has 0 radical (unpaired) electrons. The zero-order chi connectivity index (χ0) is 14.8. The molecule has 4 heteroatoms. The van der Waals surface area contributed by atoms with Crippen molar-refractivity contribution in [1.29, 1.82) is 0 Å². The lowest BCUT2D eigenvalue weighted by Crippen LogP contribution is -2.37. The predicted molar refractivity (Wildman–Crippen MR) is 88.9 cm³/mol. The van der Waals surface area contributed by atoms with Gasteiger partial charge in [0.15, 0.2) is 5.65 Å². The minimum absolute atomic E-state index is 0.622. The molecule has 1 saturated carbocycles. The Morgan fingerprint density at radius 1 is 1.09 bits per heavy atom. The fourth-order valence-corrected chi connectivity index (χ4v) is 4.32. The second kappa shape index (κ2) is 6.37. The van der Waals surface area contributed by atoms with Gasteiger partial charge in [-0.25, -0.2) is 4.98 Å². The minimum atomic E-state index is 0.622. The highest BCUT2D eigenvalue weighted by Crippen LogP contribution is 2.32. The first-order chi connectivity index (χ1) is 10.9. The van der Waals surface area contributed by atoms with Crippen molar-refractivity contribution in [3.8, 4) is 0 Å². The molecule has 118 valence electrons. The van der Waals surface area contributed by atoms with Crippen LogP contribution in [0.15, 0.2) is 18.3 Å². The molecule has 2 aromatic heterocycles. The highest BCUT2D eigenvalue weighted by molar-refractivity contribution is 5.77. The lowest BCUT2D eigenvalue weighted by atomic mass is 9.87. The van der Waals surface area contributed by atoms with Crippen LogP contribution in [-0.4, -0.2) is 39.7 Å². The first-order valence-corrected chi connectivity index (χ1v) is 8.91. The maximum Gasteiger partial charge on any atom is 0.181 e. The van der Waals surface area contributed by atoms with Crippen molar-refractivity contribution in [3.05, 3.63) is 24.0 Å². The van der Waals surface area contributed by atoms with Gasteiger partial charge in [0.25, 0.3) is 0 Å². The summed E-state index contributed by atoms with van der Waals surface area (Å²) in [6.45, 7) is 3.81. The quantitative estimate of drug-likeness (QED) is 0.939. The van der Waals surface area contributed by atoms with E-state index in [-0.39, 0.29) is 0 Å². The topological polar surface area (TPSA) is 44.8 Å². The van der Waals surface area contributed by atoms with Crippen molar-refractivity contribution < 1.29 is 0 Å². The van der Waals surface area contributed by atoms with Crippen LogP contribution in [0.4, 0.5) is 0 Å². The largest absolute Gasteiger partial charge is 0.303 e. The second-order valence-corrected chi connectivity index (χ2v) is 7.09. The van der Waals surface area contributed by atoms with Crippen molar-refractivity contribution >= 4 is 11.0 Å². The van der Waals surface area contributed by atoms with Crippen LogP contribution in [0.1, 0.15) is 56.6 Å². The Morgan fingerprint density at radius 3 is 2.73 bits per heavy atom. The molecule has 0 aromatic carbocycles. The van der Waals surface area contributed by atoms with Crippen molar-refractivity contribution in [1.82, 2.24) is 20.1 Å². The number of aromatic nitrogens is 3. The number of likely N-dealkylation sites (tertiary alicyclic amines) is 1. The molecule has 2 aliphatic rings. The molecule has 0 amide bonds. The summed E-state index contributed by atoms with van der Waals surface area (Å²) in [5, 5.41) is 8.82. The Morgan fingerprint density at radius 2 is 1.91 bits per heavy atom.